The Morgan fingerprint density at radius 1 is 1.17 bits per heavy atom. The maximum absolute atomic E-state index is 3.36. The standard InChI is InChI=1S/C9H20N2.ClH/c1-2-3-4-7-11-8-5-10-6-9-11;/h10H,2-9H2,1H3;1H. The highest BCUT2D eigenvalue weighted by molar-refractivity contribution is 5.85. The lowest BCUT2D eigenvalue weighted by atomic mass is 10.2. The second kappa shape index (κ2) is 7.84. The Bertz CT molecular complexity index is 92.5. The molecule has 0 amide bonds. The first-order chi connectivity index (χ1) is 5.43. The number of unbranched alkanes of at least 4 members (excludes halogenated alkanes) is 2. The van der Waals surface area contributed by atoms with Crippen LogP contribution in [0.3, 0.4) is 0 Å². The van der Waals surface area contributed by atoms with Gasteiger partial charge in [-0.2, -0.15) is 0 Å². The maximum atomic E-state index is 3.36. The lowest BCUT2D eigenvalue weighted by Crippen LogP contribution is -2.43. The monoisotopic (exact) mass is 192 g/mol. The van der Waals surface area contributed by atoms with E-state index >= 15 is 0 Å². The molecule has 1 aliphatic rings. The molecule has 2 nitrogen and oxygen atoms in total. The first-order valence-electron chi connectivity index (χ1n) is 4.86. The molecule has 0 aromatic heterocycles. The zero-order valence-electron chi connectivity index (χ0n) is 8.01. The van der Waals surface area contributed by atoms with E-state index in [1.165, 1.54) is 52.0 Å². The Labute approximate surface area is 82.1 Å². The summed E-state index contributed by atoms with van der Waals surface area (Å²) in [6, 6.07) is 0. The Morgan fingerprint density at radius 3 is 2.42 bits per heavy atom. The van der Waals surface area contributed by atoms with E-state index in [1.54, 1.807) is 0 Å². The molecule has 1 heterocycles. The van der Waals surface area contributed by atoms with Gasteiger partial charge in [-0.3, -0.25) is 0 Å². The third-order valence-electron chi connectivity index (χ3n) is 2.29. The molecular formula is C9H21ClN2. The Kier molecular flexibility index (Phi) is 7.98. The minimum Gasteiger partial charge on any atom is -0.314 e. The van der Waals surface area contributed by atoms with E-state index in [1.807, 2.05) is 0 Å². The van der Waals surface area contributed by atoms with E-state index in [0.29, 0.717) is 0 Å². The van der Waals surface area contributed by atoms with Gasteiger partial charge >= 0.3 is 0 Å². The number of nitrogens with zero attached hydrogens (tertiary/aromatic N) is 1. The summed E-state index contributed by atoms with van der Waals surface area (Å²) >= 11 is 0. The van der Waals surface area contributed by atoms with Gasteiger partial charge in [0, 0.05) is 26.2 Å². The largest absolute Gasteiger partial charge is 0.314 e. The van der Waals surface area contributed by atoms with Gasteiger partial charge in [0.05, 0.1) is 0 Å². The van der Waals surface area contributed by atoms with Crippen LogP contribution in [0.2, 0.25) is 0 Å². The van der Waals surface area contributed by atoms with Crippen LogP contribution in [0.5, 0.6) is 0 Å². The van der Waals surface area contributed by atoms with Gasteiger partial charge in [0.1, 0.15) is 0 Å². The van der Waals surface area contributed by atoms with Crippen LogP contribution in [0.1, 0.15) is 26.2 Å². The van der Waals surface area contributed by atoms with Gasteiger partial charge in [-0.05, 0) is 13.0 Å². The van der Waals surface area contributed by atoms with Gasteiger partial charge in [0.15, 0.2) is 0 Å². The Morgan fingerprint density at radius 2 is 1.83 bits per heavy atom. The van der Waals surface area contributed by atoms with Crippen molar-refractivity contribution < 1.29 is 0 Å². The fourth-order valence-corrected chi connectivity index (χ4v) is 1.52. The Hall–Kier alpha value is 0.210. The SMILES string of the molecule is CCCCCN1CCNCC1.Cl. The number of hydrogen-bond acceptors (Lipinski definition) is 2. The summed E-state index contributed by atoms with van der Waals surface area (Å²) in [7, 11) is 0. The predicted molar refractivity (Wildman–Crippen MR) is 56.1 cm³/mol. The van der Waals surface area contributed by atoms with Crippen molar-refractivity contribution in [3.05, 3.63) is 0 Å². The summed E-state index contributed by atoms with van der Waals surface area (Å²) in [4.78, 5) is 2.56. The van der Waals surface area contributed by atoms with Gasteiger partial charge in [-0.15, -0.1) is 12.4 Å². The second-order valence-electron chi connectivity index (χ2n) is 3.30. The number of rotatable bonds is 4. The molecule has 1 aliphatic heterocycles. The molecule has 12 heavy (non-hydrogen) atoms. The summed E-state index contributed by atoms with van der Waals surface area (Å²) < 4.78 is 0. The fraction of sp³-hybridized carbons (Fsp3) is 1.00. The van der Waals surface area contributed by atoms with Crippen LogP contribution in [0.25, 0.3) is 0 Å². The molecule has 0 spiro atoms. The quantitative estimate of drug-likeness (QED) is 0.680. The van der Waals surface area contributed by atoms with Crippen molar-refractivity contribution in [2.45, 2.75) is 26.2 Å². The van der Waals surface area contributed by atoms with Gasteiger partial charge in [0.25, 0.3) is 0 Å². The summed E-state index contributed by atoms with van der Waals surface area (Å²) in [6.45, 7) is 8.46. The first kappa shape index (κ1) is 12.2. The van der Waals surface area contributed by atoms with Crippen molar-refractivity contribution in [2.24, 2.45) is 0 Å². The summed E-state index contributed by atoms with van der Waals surface area (Å²) in [6.07, 6.45) is 4.12. The van der Waals surface area contributed by atoms with Crippen molar-refractivity contribution in [2.75, 3.05) is 32.7 Å². The highest BCUT2D eigenvalue weighted by Gasteiger charge is 2.07. The first-order valence-corrected chi connectivity index (χ1v) is 4.86. The zero-order valence-corrected chi connectivity index (χ0v) is 8.83. The summed E-state index contributed by atoms with van der Waals surface area (Å²) in [5, 5.41) is 3.36. The molecule has 3 heteroatoms. The second-order valence-corrected chi connectivity index (χ2v) is 3.30. The van der Waals surface area contributed by atoms with Gasteiger partial charge in [-0.25, -0.2) is 0 Å². The zero-order chi connectivity index (χ0) is 7.94. The minimum atomic E-state index is 0. The number of piperazine rings is 1. The average Bonchev–Trinajstić information content (AvgIpc) is 2.07. The van der Waals surface area contributed by atoms with Crippen molar-refractivity contribution in [1.82, 2.24) is 10.2 Å². The Balaban J connectivity index is 0.00000121. The van der Waals surface area contributed by atoms with E-state index in [0.717, 1.165) is 0 Å². The maximum Gasteiger partial charge on any atom is 0.0107 e. The van der Waals surface area contributed by atoms with Crippen LogP contribution >= 0.6 is 12.4 Å². The average molecular weight is 193 g/mol. The predicted octanol–water partition coefficient (Wildman–Crippen LogP) is 1.50. The van der Waals surface area contributed by atoms with Crippen molar-refractivity contribution >= 4 is 12.4 Å². The van der Waals surface area contributed by atoms with Crippen LogP contribution < -0.4 is 5.32 Å². The fourth-order valence-electron chi connectivity index (χ4n) is 1.52. The number of hydrogen-bond donors (Lipinski definition) is 1. The van der Waals surface area contributed by atoms with Crippen LogP contribution in [0, 0.1) is 0 Å². The topological polar surface area (TPSA) is 15.3 Å². The minimum absolute atomic E-state index is 0. The van der Waals surface area contributed by atoms with Gasteiger partial charge in [-0.1, -0.05) is 19.8 Å². The van der Waals surface area contributed by atoms with E-state index < -0.39 is 0 Å². The molecule has 0 bridgehead atoms. The molecule has 0 saturated carbocycles. The lowest BCUT2D eigenvalue weighted by molar-refractivity contribution is 0.236. The van der Waals surface area contributed by atoms with E-state index in [9.17, 15) is 0 Å². The van der Waals surface area contributed by atoms with E-state index in [2.05, 4.69) is 17.1 Å². The molecule has 1 N–H and O–H groups in total. The molecule has 74 valence electrons. The normalized spacial score (nSPS) is 18.8. The third kappa shape index (κ3) is 4.96. The van der Waals surface area contributed by atoms with Gasteiger partial charge < -0.3 is 10.2 Å². The van der Waals surface area contributed by atoms with Crippen molar-refractivity contribution in [3.63, 3.8) is 0 Å². The van der Waals surface area contributed by atoms with Crippen molar-refractivity contribution in [1.29, 1.82) is 0 Å². The molecule has 0 aromatic carbocycles. The smallest absolute Gasteiger partial charge is 0.0107 e. The third-order valence-corrected chi connectivity index (χ3v) is 2.29. The molecule has 0 aromatic rings. The van der Waals surface area contributed by atoms with Gasteiger partial charge in [0.2, 0.25) is 0 Å². The van der Waals surface area contributed by atoms with Crippen molar-refractivity contribution in [3.8, 4) is 0 Å². The highest BCUT2D eigenvalue weighted by atomic mass is 35.5. The summed E-state index contributed by atoms with van der Waals surface area (Å²) in [5.41, 5.74) is 0. The molecule has 0 radical (unpaired) electrons. The van der Waals surface area contributed by atoms with Crippen LogP contribution in [-0.4, -0.2) is 37.6 Å². The molecule has 1 rings (SSSR count). The number of nitrogens with one attached hydrogen (secondary N) is 1. The molecule has 0 aliphatic carbocycles. The van der Waals surface area contributed by atoms with Crippen LogP contribution in [-0.2, 0) is 0 Å². The molecule has 1 saturated heterocycles. The number of halogens is 1. The molecule has 0 unspecified atom stereocenters. The molecular weight excluding hydrogens is 172 g/mol. The molecule has 1 fully saturated rings. The van der Waals surface area contributed by atoms with E-state index in [-0.39, 0.29) is 12.4 Å². The summed E-state index contributed by atoms with van der Waals surface area (Å²) in [5.74, 6) is 0. The lowest BCUT2D eigenvalue weighted by Gasteiger charge is -2.26. The van der Waals surface area contributed by atoms with E-state index in [4.69, 9.17) is 0 Å². The molecule has 0 atom stereocenters. The highest BCUT2D eigenvalue weighted by Crippen LogP contribution is 1.98. The van der Waals surface area contributed by atoms with Crippen LogP contribution in [0.15, 0.2) is 0 Å². The van der Waals surface area contributed by atoms with Crippen LogP contribution in [0.4, 0.5) is 0 Å².